The molecule has 1 aliphatic heterocycles. The first-order valence-corrected chi connectivity index (χ1v) is 6.86. The summed E-state index contributed by atoms with van der Waals surface area (Å²) in [6, 6.07) is 1.48. The van der Waals surface area contributed by atoms with Crippen LogP contribution in [0.4, 0.5) is 0 Å². The molecule has 1 saturated carbocycles. The fraction of sp³-hybridized carbons (Fsp3) is 1.00. The first-order valence-electron chi connectivity index (χ1n) is 6.86. The molecule has 1 N–H and O–H groups in total. The van der Waals surface area contributed by atoms with Crippen LogP contribution in [0.3, 0.4) is 0 Å². The quantitative estimate of drug-likeness (QED) is 0.803. The standard InChI is InChI=1S/C13H26N2O2/c1-14-11-3-5-12(6-4-11)15(2)9-13-7-8-16-10-17-13/h11-14H,3-10H2,1-2H3. The third-order valence-corrected chi connectivity index (χ3v) is 4.19. The predicted molar refractivity (Wildman–Crippen MR) is 68.0 cm³/mol. The van der Waals surface area contributed by atoms with Gasteiger partial charge >= 0.3 is 0 Å². The van der Waals surface area contributed by atoms with Gasteiger partial charge in [-0.15, -0.1) is 0 Å². The van der Waals surface area contributed by atoms with E-state index in [1.165, 1.54) is 25.7 Å². The minimum absolute atomic E-state index is 0.371. The van der Waals surface area contributed by atoms with Crippen LogP contribution in [0.15, 0.2) is 0 Å². The van der Waals surface area contributed by atoms with Crippen molar-refractivity contribution in [2.45, 2.75) is 50.3 Å². The second-order valence-corrected chi connectivity index (χ2v) is 5.34. The SMILES string of the molecule is CNC1CCC(N(C)CC2CCOCO2)CC1. The van der Waals surface area contributed by atoms with Gasteiger partial charge in [-0.25, -0.2) is 0 Å². The number of likely N-dealkylation sites (N-methyl/N-ethyl adjacent to an activating group) is 1. The van der Waals surface area contributed by atoms with Crippen LogP contribution in [0.5, 0.6) is 0 Å². The molecule has 1 heterocycles. The van der Waals surface area contributed by atoms with E-state index in [1.54, 1.807) is 0 Å². The zero-order valence-electron chi connectivity index (χ0n) is 11.2. The highest BCUT2D eigenvalue weighted by Crippen LogP contribution is 2.23. The van der Waals surface area contributed by atoms with Gasteiger partial charge in [0.15, 0.2) is 0 Å². The zero-order chi connectivity index (χ0) is 12.1. The lowest BCUT2D eigenvalue weighted by Crippen LogP contribution is -2.44. The van der Waals surface area contributed by atoms with Gasteiger partial charge in [0.2, 0.25) is 0 Å². The van der Waals surface area contributed by atoms with Crippen LogP contribution in [0, 0.1) is 0 Å². The largest absolute Gasteiger partial charge is 0.355 e. The summed E-state index contributed by atoms with van der Waals surface area (Å²) in [6.07, 6.45) is 6.64. The van der Waals surface area contributed by atoms with Gasteiger partial charge in [-0.1, -0.05) is 0 Å². The summed E-state index contributed by atoms with van der Waals surface area (Å²) in [4.78, 5) is 2.49. The monoisotopic (exact) mass is 242 g/mol. The maximum Gasteiger partial charge on any atom is 0.147 e. The molecule has 2 aliphatic rings. The lowest BCUT2D eigenvalue weighted by atomic mass is 9.90. The summed E-state index contributed by atoms with van der Waals surface area (Å²) in [5.74, 6) is 0. The Kier molecular flexibility index (Phi) is 5.22. The average molecular weight is 242 g/mol. The molecule has 1 atom stereocenters. The minimum atomic E-state index is 0.371. The van der Waals surface area contributed by atoms with E-state index in [0.717, 1.165) is 31.7 Å². The second-order valence-electron chi connectivity index (χ2n) is 5.34. The molecular weight excluding hydrogens is 216 g/mol. The molecule has 0 bridgehead atoms. The van der Waals surface area contributed by atoms with Gasteiger partial charge in [-0.2, -0.15) is 0 Å². The Balaban J connectivity index is 1.70. The Morgan fingerprint density at radius 2 is 1.94 bits per heavy atom. The summed E-state index contributed by atoms with van der Waals surface area (Å²) in [5, 5.41) is 3.39. The van der Waals surface area contributed by atoms with E-state index in [9.17, 15) is 0 Å². The third-order valence-electron chi connectivity index (χ3n) is 4.19. The number of nitrogens with zero attached hydrogens (tertiary/aromatic N) is 1. The van der Waals surface area contributed by atoms with Crippen LogP contribution in [0.2, 0.25) is 0 Å². The van der Waals surface area contributed by atoms with Crippen molar-refractivity contribution < 1.29 is 9.47 Å². The van der Waals surface area contributed by atoms with E-state index in [-0.39, 0.29) is 0 Å². The van der Waals surface area contributed by atoms with E-state index in [4.69, 9.17) is 9.47 Å². The number of ether oxygens (including phenoxy) is 2. The molecule has 2 rings (SSSR count). The smallest absolute Gasteiger partial charge is 0.147 e. The highest BCUT2D eigenvalue weighted by atomic mass is 16.7. The van der Waals surface area contributed by atoms with E-state index >= 15 is 0 Å². The minimum Gasteiger partial charge on any atom is -0.355 e. The van der Waals surface area contributed by atoms with Gasteiger partial charge in [0, 0.05) is 18.6 Å². The average Bonchev–Trinajstić information content (AvgIpc) is 2.40. The van der Waals surface area contributed by atoms with Crippen LogP contribution in [0.25, 0.3) is 0 Å². The molecular formula is C13H26N2O2. The Bertz CT molecular complexity index is 211. The molecule has 1 unspecified atom stereocenters. The van der Waals surface area contributed by atoms with Crippen LogP contribution in [0.1, 0.15) is 32.1 Å². The third kappa shape index (κ3) is 3.91. The molecule has 1 saturated heterocycles. The van der Waals surface area contributed by atoms with E-state index in [1.807, 2.05) is 0 Å². The molecule has 0 radical (unpaired) electrons. The second kappa shape index (κ2) is 6.69. The number of nitrogens with one attached hydrogen (secondary N) is 1. The van der Waals surface area contributed by atoms with Crippen LogP contribution >= 0.6 is 0 Å². The maximum absolute atomic E-state index is 5.61. The van der Waals surface area contributed by atoms with Crippen molar-refractivity contribution in [2.24, 2.45) is 0 Å². The van der Waals surface area contributed by atoms with Gasteiger partial charge in [0.25, 0.3) is 0 Å². The maximum atomic E-state index is 5.61. The Morgan fingerprint density at radius 1 is 1.18 bits per heavy atom. The fourth-order valence-electron chi connectivity index (χ4n) is 2.92. The lowest BCUT2D eigenvalue weighted by Gasteiger charge is -2.36. The molecule has 0 spiro atoms. The van der Waals surface area contributed by atoms with Crippen molar-refractivity contribution >= 4 is 0 Å². The number of hydrogen-bond acceptors (Lipinski definition) is 4. The lowest BCUT2D eigenvalue weighted by molar-refractivity contribution is -0.145. The molecule has 0 aromatic heterocycles. The van der Waals surface area contributed by atoms with Gasteiger partial charge in [0.05, 0.1) is 12.7 Å². The summed E-state index contributed by atoms with van der Waals surface area (Å²) in [6.45, 7) is 2.38. The van der Waals surface area contributed by atoms with Gasteiger partial charge in [0.1, 0.15) is 6.79 Å². The van der Waals surface area contributed by atoms with Crippen LogP contribution in [-0.2, 0) is 9.47 Å². The molecule has 1 aliphatic carbocycles. The fourth-order valence-corrected chi connectivity index (χ4v) is 2.92. The van der Waals surface area contributed by atoms with E-state index < -0.39 is 0 Å². The van der Waals surface area contributed by atoms with Crippen molar-refractivity contribution in [3.05, 3.63) is 0 Å². The summed E-state index contributed by atoms with van der Waals surface area (Å²) in [7, 11) is 4.31. The molecule has 0 aromatic carbocycles. The normalized spacial score (nSPS) is 35.1. The molecule has 0 aromatic rings. The molecule has 4 nitrogen and oxygen atoms in total. The summed E-state index contributed by atoms with van der Waals surface area (Å²) < 4.78 is 10.8. The first-order chi connectivity index (χ1) is 8.29. The van der Waals surface area contributed by atoms with E-state index in [2.05, 4.69) is 24.3 Å². The predicted octanol–water partition coefficient (Wildman–Crippen LogP) is 1.21. The molecule has 0 amide bonds. The summed E-state index contributed by atoms with van der Waals surface area (Å²) in [5.41, 5.74) is 0. The Labute approximate surface area is 105 Å². The number of hydrogen-bond donors (Lipinski definition) is 1. The van der Waals surface area contributed by atoms with Crippen molar-refractivity contribution in [2.75, 3.05) is 34.0 Å². The topological polar surface area (TPSA) is 33.7 Å². The Morgan fingerprint density at radius 3 is 2.53 bits per heavy atom. The highest BCUT2D eigenvalue weighted by Gasteiger charge is 2.25. The summed E-state index contributed by atoms with van der Waals surface area (Å²) >= 11 is 0. The van der Waals surface area contributed by atoms with Crippen LogP contribution in [-0.4, -0.2) is 57.1 Å². The zero-order valence-corrected chi connectivity index (χ0v) is 11.2. The van der Waals surface area contributed by atoms with Gasteiger partial charge in [-0.05, 0) is 46.2 Å². The van der Waals surface area contributed by atoms with Gasteiger partial charge in [-0.3, -0.25) is 0 Å². The molecule has 4 heteroatoms. The molecule has 100 valence electrons. The van der Waals surface area contributed by atoms with Crippen molar-refractivity contribution in [1.29, 1.82) is 0 Å². The van der Waals surface area contributed by atoms with Crippen molar-refractivity contribution in [3.8, 4) is 0 Å². The van der Waals surface area contributed by atoms with E-state index in [0.29, 0.717) is 12.9 Å². The molecule has 2 fully saturated rings. The van der Waals surface area contributed by atoms with Crippen LogP contribution < -0.4 is 5.32 Å². The highest BCUT2D eigenvalue weighted by molar-refractivity contribution is 4.82. The van der Waals surface area contributed by atoms with Crippen molar-refractivity contribution in [1.82, 2.24) is 10.2 Å². The number of rotatable bonds is 4. The van der Waals surface area contributed by atoms with Crippen molar-refractivity contribution in [3.63, 3.8) is 0 Å². The Hall–Kier alpha value is -0.160. The molecule has 17 heavy (non-hydrogen) atoms. The van der Waals surface area contributed by atoms with Gasteiger partial charge < -0.3 is 19.7 Å². The first kappa shape index (κ1) is 13.3.